The first-order valence-corrected chi connectivity index (χ1v) is 20.0. The molecule has 2 aliphatic heterocycles. The van der Waals surface area contributed by atoms with Gasteiger partial charge in [-0.25, -0.2) is 0 Å². The Kier molecular flexibility index (Phi) is 16.0. The first kappa shape index (κ1) is 44.3. The highest BCUT2D eigenvalue weighted by Gasteiger charge is 2.40. The quantitative estimate of drug-likeness (QED) is 0.172. The molecule has 1 aromatic carbocycles. The van der Waals surface area contributed by atoms with Crippen molar-refractivity contribution in [2.45, 2.75) is 130 Å². The summed E-state index contributed by atoms with van der Waals surface area (Å²) in [6, 6.07) is -2.53. The van der Waals surface area contributed by atoms with Gasteiger partial charge in [-0.1, -0.05) is 75.3 Å². The molecular weight excluding hydrogens is 715 g/mol. The summed E-state index contributed by atoms with van der Waals surface area (Å²) in [5, 5.41) is 40.1. The van der Waals surface area contributed by atoms with E-state index < -0.39 is 95.3 Å². The molecule has 0 saturated carbocycles. The van der Waals surface area contributed by atoms with Gasteiger partial charge in [0, 0.05) is 12.2 Å². The third-order valence-corrected chi connectivity index (χ3v) is 11.0. The van der Waals surface area contributed by atoms with E-state index in [4.69, 9.17) is 0 Å². The number of phenols is 2. The highest BCUT2D eigenvalue weighted by atomic mass is 32.2. The SMILES string of the molecule is CC(C)C[C@H]1NC(=O)[C@H](Cc2ccc(O)c(O)c2)NC(=O)[C@@H](C(C)C)NC(=O)[C@@H]2CSC(N2)[C@H](C(C)C)NC(=O)[C@@H](C(C)C)NC(=O)[C@H](C(C)C)NC1=O. The van der Waals surface area contributed by atoms with Crippen molar-refractivity contribution < 1.29 is 39.0 Å². The van der Waals surface area contributed by atoms with Gasteiger partial charge >= 0.3 is 0 Å². The number of nitrogens with one attached hydrogen (secondary N) is 7. The molecule has 8 atom stereocenters. The molecule has 2 heterocycles. The molecule has 0 aliphatic carbocycles. The third-order valence-electron chi connectivity index (χ3n) is 9.67. The fourth-order valence-corrected chi connectivity index (χ4v) is 7.93. The van der Waals surface area contributed by atoms with Crippen LogP contribution in [0.2, 0.25) is 0 Å². The molecule has 6 amide bonds. The summed E-state index contributed by atoms with van der Waals surface area (Å²) in [6.45, 7) is 18.3. The number of rotatable bonds is 8. The van der Waals surface area contributed by atoms with Crippen molar-refractivity contribution in [3.05, 3.63) is 23.8 Å². The number of phenolic OH excluding ortho intramolecular Hbond substituents is 2. The minimum absolute atomic E-state index is 0.0573. The maximum absolute atomic E-state index is 14.1. The van der Waals surface area contributed by atoms with E-state index in [1.165, 1.54) is 30.0 Å². The van der Waals surface area contributed by atoms with Crippen LogP contribution in [0.1, 0.15) is 81.2 Å². The van der Waals surface area contributed by atoms with Crippen LogP contribution in [0, 0.1) is 29.6 Å². The molecule has 2 aliphatic rings. The van der Waals surface area contributed by atoms with Gasteiger partial charge in [0.2, 0.25) is 35.4 Å². The maximum Gasteiger partial charge on any atom is 0.243 e. The molecule has 9 N–H and O–H groups in total. The number of aromatic hydroxyl groups is 2. The predicted molar refractivity (Wildman–Crippen MR) is 207 cm³/mol. The Morgan fingerprint density at radius 1 is 0.593 bits per heavy atom. The number of amides is 6. The van der Waals surface area contributed by atoms with Crippen molar-refractivity contribution in [3.8, 4) is 11.5 Å². The van der Waals surface area contributed by atoms with Gasteiger partial charge in [0.05, 0.1) is 17.5 Å². The zero-order chi connectivity index (χ0) is 40.6. The molecule has 2 bridgehead atoms. The van der Waals surface area contributed by atoms with Gasteiger partial charge in [0.1, 0.15) is 30.2 Å². The van der Waals surface area contributed by atoms with Crippen LogP contribution in [0.5, 0.6) is 11.5 Å². The number of hydrogen-bond donors (Lipinski definition) is 9. The molecule has 2 saturated heterocycles. The summed E-state index contributed by atoms with van der Waals surface area (Å²) in [6.07, 6.45) is 0.0600. The minimum atomic E-state index is -1.28. The number of benzene rings is 1. The molecule has 3 rings (SSSR count). The Bertz CT molecular complexity index is 1520. The van der Waals surface area contributed by atoms with E-state index >= 15 is 0 Å². The predicted octanol–water partition coefficient (Wildman–Crippen LogP) is 1.26. The monoisotopic (exact) mass is 775 g/mol. The summed E-state index contributed by atoms with van der Waals surface area (Å²) in [5.74, 6) is -5.00. The van der Waals surface area contributed by atoms with Crippen molar-refractivity contribution in [3.63, 3.8) is 0 Å². The lowest BCUT2D eigenvalue weighted by atomic mass is 9.97. The number of thioether (sulfide) groups is 1. The Morgan fingerprint density at radius 2 is 1.07 bits per heavy atom. The van der Waals surface area contributed by atoms with Crippen LogP contribution in [-0.4, -0.2) is 99.1 Å². The van der Waals surface area contributed by atoms with Crippen molar-refractivity contribution in [1.82, 2.24) is 37.2 Å². The largest absolute Gasteiger partial charge is 0.504 e. The minimum Gasteiger partial charge on any atom is -0.504 e. The van der Waals surface area contributed by atoms with Crippen molar-refractivity contribution in [2.24, 2.45) is 29.6 Å². The van der Waals surface area contributed by atoms with E-state index in [0.717, 1.165) is 0 Å². The Balaban J connectivity index is 2.10. The second-order valence-corrected chi connectivity index (χ2v) is 17.4. The summed E-state index contributed by atoms with van der Waals surface area (Å²) in [4.78, 5) is 83.3. The molecule has 1 aromatic rings. The molecule has 1 unspecified atom stereocenters. The second-order valence-electron chi connectivity index (χ2n) is 16.2. The molecule has 15 nitrogen and oxygen atoms in total. The van der Waals surface area contributed by atoms with Gasteiger partial charge in [-0.15, -0.1) is 11.8 Å². The van der Waals surface area contributed by atoms with Crippen molar-refractivity contribution >= 4 is 47.2 Å². The fourth-order valence-electron chi connectivity index (χ4n) is 6.43. The van der Waals surface area contributed by atoms with Gasteiger partial charge in [-0.05, 0) is 53.7 Å². The van der Waals surface area contributed by atoms with Crippen LogP contribution in [0.3, 0.4) is 0 Å². The number of carbonyl (C=O) groups is 6. The van der Waals surface area contributed by atoms with Crippen LogP contribution >= 0.6 is 11.8 Å². The van der Waals surface area contributed by atoms with Crippen molar-refractivity contribution in [2.75, 3.05) is 5.75 Å². The van der Waals surface area contributed by atoms with Crippen LogP contribution in [0.4, 0.5) is 0 Å². The first-order chi connectivity index (χ1) is 25.2. The summed E-state index contributed by atoms with van der Waals surface area (Å²) in [7, 11) is 0. The molecular formula is C38H61N7O8S. The molecule has 16 heteroatoms. The standard InChI is InChI=1S/C38H61N7O8S/c1-17(2)13-23-33(49)42-29(19(5)6)36(52)44-30(20(7)8)37(53)45-31(21(9)10)38-41-25(16-54-38)34(50)43-28(18(3)4)35(51)40-24(32(48)39-23)14-22-11-12-26(46)27(47)15-22/h11-12,15,17-21,23-25,28-31,38,41,46-47H,13-14,16H2,1-10H3,(H,39,48)(H,40,51)(H,42,49)(H,43,50)(H,44,52)(H,45,53)/t23-,24+,25+,28-,29+,30-,31+,38?/m1/s1. The highest BCUT2D eigenvalue weighted by molar-refractivity contribution is 8.00. The van der Waals surface area contributed by atoms with Crippen LogP contribution in [-0.2, 0) is 35.2 Å². The van der Waals surface area contributed by atoms with Gasteiger partial charge < -0.3 is 42.1 Å². The Hall–Kier alpha value is -4.05. The third kappa shape index (κ3) is 12.0. The zero-order valence-corrected chi connectivity index (χ0v) is 33.9. The average molecular weight is 776 g/mol. The van der Waals surface area contributed by atoms with E-state index in [1.807, 2.05) is 41.5 Å². The zero-order valence-electron chi connectivity index (χ0n) is 33.1. The maximum atomic E-state index is 14.1. The second kappa shape index (κ2) is 19.5. The molecule has 0 spiro atoms. The number of hydrogen-bond acceptors (Lipinski definition) is 10. The molecule has 2 fully saturated rings. The lowest BCUT2D eigenvalue weighted by Crippen LogP contribution is -2.61. The number of fused-ring (bicyclic) bond motifs is 2. The van der Waals surface area contributed by atoms with Crippen molar-refractivity contribution in [1.29, 1.82) is 0 Å². The highest BCUT2D eigenvalue weighted by Crippen LogP contribution is 2.27. The molecule has 54 heavy (non-hydrogen) atoms. The van der Waals surface area contributed by atoms with E-state index in [9.17, 15) is 39.0 Å². The van der Waals surface area contributed by atoms with Crippen LogP contribution in [0.25, 0.3) is 0 Å². The van der Waals surface area contributed by atoms with Crippen LogP contribution < -0.4 is 37.2 Å². The Morgan fingerprint density at radius 3 is 1.59 bits per heavy atom. The van der Waals surface area contributed by atoms with E-state index in [1.54, 1.807) is 27.7 Å². The van der Waals surface area contributed by atoms with Crippen LogP contribution in [0.15, 0.2) is 18.2 Å². The van der Waals surface area contributed by atoms with Gasteiger partial charge in [-0.2, -0.15) is 0 Å². The summed E-state index contributed by atoms with van der Waals surface area (Å²) in [5.41, 5.74) is 0.406. The Labute approximate surface area is 323 Å². The van der Waals surface area contributed by atoms with Gasteiger partial charge in [-0.3, -0.25) is 34.1 Å². The first-order valence-electron chi connectivity index (χ1n) is 18.9. The molecule has 0 aromatic heterocycles. The van der Waals surface area contributed by atoms with E-state index in [2.05, 4.69) is 37.2 Å². The summed E-state index contributed by atoms with van der Waals surface area (Å²) >= 11 is 1.47. The van der Waals surface area contributed by atoms with E-state index in [0.29, 0.717) is 11.3 Å². The normalized spacial score (nSPS) is 28.4. The van der Waals surface area contributed by atoms with Gasteiger partial charge in [0.25, 0.3) is 0 Å². The van der Waals surface area contributed by atoms with Gasteiger partial charge in [0.15, 0.2) is 11.5 Å². The topological polar surface area (TPSA) is 227 Å². The molecule has 0 radical (unpaired) electrons. The van der Waals surface area contributed by atoms with E-state index in [-0.39, 0.29) is 41.7 Å². The smallest absolute Gasteiger partial charge is 0.243 e. The summed E-state index contributed by atoms with van der Waals surface area (Å²) < 4.78 is 0. The number of carbonyl (C=O) groups excluding carboxylic acids is 6. The molecule has 302 valence electrons. The lowest BCUT2D eigenvalue weighted by Gasteiger charge is -2.32. The lowest BCUT2D eigenvalue weighted by molar-refractivity contribution is -0.136. The average Bonchev–Trinajstić information content (AvgIpc) is 3.56. The fraction of sp³-hybridized carbons (Fsp3) is 0.684.